The van der Waals surface area contributed by atoms with E-state index in [2.05, 4.69) is 10.2 Å². The van der Waals surface area contributed by atoms with Crippen LogP contribution < -0.4 is 15.8 Å². The Labute approximate surface area is 124 Å². The Kier molecular flexibility index (Phi) is 5.23. The fourth-order valence-electron chi connectivity index (χ4n) is 2.43. The van der Waals surface area contributed by atoms with E-state index in [0.717, 1.165) is 31.6 Å². The predicted molar refractivity (Wildman–Crippen MR) is 79.1 cm³/mol. The Morgan fingerprint density at radius 1 is 1.60 bits per heavy atom. The summed E-state index contributed by atoms with van der Waals surface area (Å²) >= 11 is 6.11. The maximum absolute atomic E-state index is 11.4. The van der Waals surface area contributed by atoms with Crippen molar-refractivity contribution in [1.29, 1.82) is 0 Å². The van der Waals surface area contributed by atoms with Gasteiger partial charge in [0.15, 0.2) is 0 Å². The molecule has 0 saturated carbocycles. The second-order valence-electron chi connectivity index (χ2n) is 4.88. The third-order valence-electron chi connectivity index (χ3n) is 3.59. The van der Waals surface area contributed by atoms with Crippen molar-refractivity contribution in [1.82, 2.24) is 10.2 Å². The number of halogens is 1. The molecule has 0 radical (unpaired) electrons. The summed E-state index contributed by atoms with van der Waals surface area (Å²) in [6.45, 7) is 3.13. The first-order valence-corrected chi connectivity index (χ1v) is 7.06. The molecule has 3 N–H and O–H groups in total. The third-order valence-corrected chi connectivity index (χ3v) is 3.88. The van der Waals surface area contributed by atoms with Crippen LogP contribution in [0.1, 0.15) is 5.56 Å². The number of primary amides is 1. The molecule has 1 atom stereocenters. The van der Waals surface area contributed by atoms with E-state index in [4.69, 9.17) is 22.1 Å². The maximum atomic E-state index is 11.4. The van der Waals surface area contributed by atoms with E-state index in [0.29, 0.717) is 17.3 Å². The summed E-state index contributed by atoms with van der Waals surface area (Å²) < 4.78 is 5.13. The summed E-state index contributed by atoms with van der Waals surface area (Å²) in [7, 11) is 1.60. The first-order valence-electron chi connectivity index (χ1n) is 6.68. The summed E-state index contributed by atoms with van der Waals surface area (Å²) in [5, 5.41) is 3.80. The van der Waals surface area contributed by atoms with Crippen LogP contribution >= 0.6 is 11.6 Å². The second kappa shape index (κ2) is 6.92. The molecule has 5 nitrogen and oxygen atoms in total. The number of hydrogen-bond acceptors (Lipinski definition) is 4. The van der Waals surface area contributed by atoms with E-state index in [9.17, 15) is 4.79 Å². The van der Waals surface area contributed by atoms with Crippen LogP contribution in [-0.2, 0) is 11.2 Å². The summed E-state index contributed by atoms with van der Waals surface area (Å²) in [6, 6.07) is 5.53. The van der Waals surface area contributed by atoms with Crippen LogP contribution in [0.4, 0.5) is 0 Å². The summed E-state index contributed by atoms with van der Waals surface area (Å²) in [6.07, 6.45) is 0.827. The first-order chi connectivity index (χ1) is 9.61. The van der Waals surface area contributed by atoms with Gasteiger partial charge in [-0.15, -0.1) is 0 Å². The van der Waals surface area contributed by atoms with Crippen molar-refractivity contribution in [3.05, 3.63) is 28.8 Å². The van der Waals surface area contributed by atoms with Gasteiger partial charge >= 0.3 is 0 Å². The van der Waals surface area contributed by atoms with Gasteiger partial charge in [-0.1, -0.05) is 17.7 Å². The molecule has 0 spiro atoms. The molecular weight excluding hydrogens is 278 g/mol. The van der Waals surface area contributed by atoms with Crippen LogP contribution in [0.15, 0.2) is 18.2 Å². The van der Waals surface area contributed by atoms with Gasteiger partial charge in [0, 0.05) is 26.2 Å². The van der Waals surface area contributed by atoms with Crippen LogP contribution in [0.3, 0.4) is 0 Å². The fraction of sp³-hybridized carbons (Fsp3) is 0.500. The molecule has 1 aliphatic heterocycles. The van der Waals surface area contributed by atoms with Gasteiger partial charge in [-0.2, -0.15) is 0 Å². The van der Waals surface area contributed by atoms with Crippen molar-refractivity contribution in [2.24, 2.45) is 5.73 Å². The lowest BCUT2D eigenvalue weighted by Crippen LogP contribution is -2.57. The van der Waals surface area contributed by atoms with Crippen LogP contribution in [0.25, 0.3) is 0 Å². The van der Waals surface area contributed by atoms with Gasteiger partial charge in [0.2, 0.25) is 5.91 Å². The number of rotatable bonds is 5. The minimum Gasteiger partial charge on any atom is -0.495 e. The highest BCUT2D eigenvalue weighted by Crippen LogP contribution is 2.25. The van der Waals surface area contributed by atoms with Crippen molar-refractivity contribution in [3.8, 4) is 5.75 Å². The number of hydrogen-bond donors (Lipinski definition) is 2. The van der Waals surface area contributed by atoms with E-state index < -0.39 is 0 Å². The normalized spacial score (nSPS) is 19.8. The third kappa shape index (κ3) is 3.62. The number of carbonyl (C=O) groups is 1. The Morgan fingerprint density at radius 3 is 3.05 bits per heavy atom. The number of amides is 1. The number of nitrogens with two attached hydrogens (primary N) is 1. The largest absolute Gasteiger partial charge is 0.495 e. The van der Waals surface area contributed by atoms with Crippen LogP contribution in [0.5, 0.6) is 5.75 Å². The van der Waals surface area contributed by atoms with Gasteiger partial charge in [0.05, 0.1) is 12.1 Å². The van der Waals surface area contributed by atoms with E-state index in [-0.39, 0.29) is 11.9 Å². The number of methoxy groups -OCH3 is 1. The highest BCUT2D eigenvalue weighted by molar-refractivity contribution is 6.32. The van der Waals surface area contributed by atoms with Crippen molar-refractivity contribution < 1.29 is 9.53 Å². The smallest absolute Gasteiger partial charge is 0.236 e. The number of carbonyl (C=O) groups excluding carboxylic acids is 1. The molecule has 6 heteroatoms. The van der Waals surface area contributed by atoms with Gasteiger partial charge in [-0.05, 0) is 24.1 Å². The Balaban J connectivity index is 1.96. The number of piperazine rings is 1. The monoisotopic (exact) mass is 297 g/mol. The van der Waals surface area contributed by atoms with E-state index in [1.807, 2.05) is 18.2 Å². The SMILES string of the molecule is COc1ccc(CCN2CCNCC2C(N)=O)cc1Cl. The minimum atomic E-state index is -0.273. The lowest BCUT2D eigenvalue weighted by Gasteiger charge is -2.34. The molecule has 1 aromatic rings. The number of benzene rings is 1. The standard InChI is InChI=1S/C14H20ClN3O2/c1-20-13-3-2-10(8-11(13)15)4-6-18-7-5-17-9-12(18)14(16)19/h2-3,8,12,17H,4-7,9H2,1H3,(H2,16,19). The molecule has 1 aromatic carbocycles. The van der Waals surface area contributed by atoms with Crippen molar-refractivity contribution >= 4 is 17.5 Å². The molecule has 1 aliphatic rings. The topological polar surface area (TPSA) is 67.6 Å². The number of nitrogens with zero attached hydrogens (tertiary/aromatic N) is 1. The zero-order chi connectivity index (χ0) is 14.5. The van der Waals surface area contributed by atoms with Crippen molar-refractivity contribution in [2.45, 2.75) is 12.5 Å². The molecule has 0 bridgehead atoms. The molecule has 1 unspecified atom stereocenters. The average molecular weight is 298 g/mol. The number of ether oxygens (including phenoxy) is 1. The average Bonchev–Trinajstić information content (AvgIpc) is 2.45. The fourth-order valence-corrected chi connectivity index (χ4v) is 2.71. The quantitative estimate of drug-likeness (QED) is 0.837. The van der Waals surface area contributed by atoms with Gasteiger partial charge in [-0.25, -0.2) is 0 Å². The lowest BCUT2D eigenvalue weighted by molar-refractivity contribution is -0.123. The van der Waals surface area contributed by atoms with Gasteiger partial charge in [-0.3, -0.25) is 9.69 Å². The van der Waals surface area contributed by atoms with Gasteiger partial charge in [0.25, 0.3) is 0 Å². The molecule has 110 valence electrons. The summed E-state index contributed by atoms with van der Waals surface area (Å²) in [5.41, 5.74) is 6.55. The van der Waals surface area contributed by atoms with E-state index in [1.54, 1.807) is 7.11 Å². The van der Waals surface area contributed by atoms with Crippen molar-refractivity contribution in [2.75, 3.05) is 33.3 Å². The molecule has 20 heavy (non-hydrogen) atoms. The summed E-state index contributed by atoms with van der Waals surface area (Å²) in [4.78, 5) is 13.5. The van der Waals surface area contributed by atoms with Crippen LogP contribution in [-0.4, -0.2) is 50.1 Å². The zero-order valence-corrected chi connectivity index (χ0v) is 12.3. The highest BCUT2D eigenvalue weighted by Gasteiger charge is 2.26. The minimum absolute atomic E-state index is 0.225. The molecule has 0 aromatic heterocycles. The van der Waals surface area contributed by atoms with E-state index in [1.165, 1.54) is 0 Å². The Hall–Kier alpha value is -1.30. The van der Waals surface area contributed by atoms with Crippen LogP contribution in [0, 0.1) is 0 Å². The maximum Gasteiger partial charge on any atom is 0.236 e. The Bertz CT molecular complexity index is 481. The summed E-state index contributed by atoms with van der Waals surface area (Å²) in [5.74, 6) is 0.401. The molecule has 1 saturated heterocycles. The molecule has 1 amide bonds. The van der Waals surface area contributed by atoms with Gasteiger partial charge in [0.1, 0.15) is 11.8 Å². The second-order valence-corrected chi connectivity index (χ2v) is 5.28. The van der Waals surface area contributed by atoms with Crippen LogP contribution in [0.2, 0.25) is 5.02 Å². The highest BCUT2D eigenvalue weighted by atomic mass is 35.5. The van der Waals surface area contributed by atoms with Gasteiger partial charge < -0.3 is 15.8 Å². The molecule has 2 rings (SSSR count). The van der Waals surface area contributed by atoms with Crippen molar-refractivity contribution in [3.63, 3.8) is 0 Å². The molecule has 0 aliphatic carbocycles. The molecular formula is C14H20ClN3O2. The van der Waals surface area contributed by atoms with E-state index >= 15 is 0 Å². The zero-order valence-electron chi connectivity index (χ0n) is 11.6. The predicted octanol–water partition coefficient (Wildman–Crippen LogP) is 0.650. The molecule has 1 fully saturated rings. The first kappa shape index (κ1) is 15.1. The number of nitrogens with one attached hydrogen (secondary N) is 1. The molecule has 1 heterocycles. The lowest BCUT2D eigenvalue weighted by atomic mass is 10.1. The Morgan fingerprint density at radius 2 is 2.40 bits per heavy atom.